The maximum Gasteiger partial charge on any atom is 0.233 e. The van der Waals surface area contributed by atoms with Crippen molar-refractivity contribution >= 4 is 35.3 Å². The molecule has 2 rings (SSSR count). The lowest BCUT2D eigenvalue weighted by Crippen LogP contribution is -2.15. The number of aromatic nitrogens is 3. The summed E-state index contributed by atoms with van der Waals surface area (Å²) in [7, 11) is 5.58. The van der Waals surface area contributed by atoms with Gasteiger partial charge in [-0.3, -0.25) is 0 Å². The van der Waals surface area contributed by atoms with Gasteiger partial charge in [0.1, 0.15) is 0 Å². The predicted molar refractivity (Wildman–Crippen MR) is 85.2 cm³/mol. The molecule has 20 heavy (non-hydrogen) atoms. The van der Waals surface area contributed by atoms with E-state index in [9.17, 15) is 0 Å². The van der Waals surface area contributed by atoms with E-state index in [1.54, 1.807) is 18.8 Å². The van der Waals surface area contributed by atoms with Gasteiger partial charge in [-0.25, -0.2) is 0 Å². The molecule has 0 saturated carbocycles. The zero-order valence-corrected chi connectivity index (χ0v) is 12.8. The summed E-state index contributed by atoms with van der Waals surface area (Å²) in [5.41, 5.74) is 0.954. The summed E-state index contributed by atoms with van der Waals surface area (Å²) in [6.45, 7) is 0. The monoisotopic (exact) mass is 290 g/mol. The average molecular weight is 290 g/mol. The van der Waals surface area contributed by atoms with Crippen LogP contribution in [0.4, 0.5) is 23.5 Å². The van der Waals surface area contributed by atoms with Gasteiger partial charge >= 0.3 is 0 Å². The molecular weight excluding hydrogens is 272 g/mol. The summed E-state index contributed by atoms with van der Waals surface area (Å²) in [4.78, 5) is 16.0. The van der Waals surface area contributed by atoms with Crippen LogP contribution in [-0.2, 0) is 0 Å². The van der Waals surface area contributed by atoms with Crippen LogP contribution in [0.3, 0.4) is 0 Å². The zero-order valence-electron chi connectivity index (χ0n) is 12.0. The molecule has 106 valence electrons. The molecule has 0 fully saturated rings. The summed E-state index contributed by atoms with van der Waals surface area (Å²) in [5, 5.41) is 6.14. The normalized spacial score (nSPS) is 10.2. The lowest BCUT2D eigenvalue weighted by Gasteiger charge is -2.13. The number of nitrogens with zero attached hydrogens (tertiary/aromatic N) is 4. The summed E-state index contributed by atoms with van der Waals surface area (Å²) in [5.74, 6) is 1.66. The van der Waals surface area contributed by atoms with Crippen molar-refractivity contribution < 1.29 is 0 Å². The van der Waals surface area contributed by atoms with Crippen LogP contribution in [0.2, 0.25) is 0 Å². The van der Waals surface area contributed by atoms with Crippen LogP contribution in [0.1, 0.15) is 0 Å². The number of thioether (sulfide) groups is 1. The Kier molecular flexibility index (Phi) is 4.62. The molecule has 0 atom stereocenters. The van der Waals surface area contributed by atoms with Crippen molar-refractivity contribution in [3.05, 3.63) is 24.3 Å². The van der Waals surface area contributed by atoms with Gasteiger partial charge in [-0.1, -0.05) is 6.07 Å². The minimum absolute atomic E-state index is 0.520. The molecule has 0 saturated heterocycles. The number of rotatable bonds is 5. The predicted octanol–water partition coefficient (Wildman–Crippen LogP) is 2.44. The van der Waals surface area contributed by atoms with Crippen molar-refractivity contribution in [3.8, 4) is 0 Å². The van der Waals surface area contributed by atoms with Crippen LogP contribution in [0.25, 0.3) is 0 Å². The van der Waals surface area contributed by atoms with E-state index in [1.807, 2.05) is 37.4 Å². The highest BCUT2D eigenvalue weighted by Crippen LogP contribution is 2.21. The van der Waals surface area contributed by atoms with Crippen molar-refractivity contribution in [3.63, 3.8) is 0 Å². The van der Waals surface area contributed by atoms with Crippen LogP contribution in [0, 0.1) is 0 Å². The maximum atomic E-state index is 4.38. The largest absolute Gasteiger partial charge is 0.357 e. The third-order valence-corrected chi connectivity index (χ3v) is 3.30. The zero-order chi connectivity index (χ0) is 14.5. The lowest BCUT2D eigenvalue weighted by atomic mass is 10.3. The number of hydrogen-bond acceptors (Lipinski definition) is 7. The van der Waals surface area contributed by atoms with E-state index >= 15 is 0 Å². The highest BCUT2D eigenvalue weighted by atomic mass is 32.2. The number of anilines is 4. The maximum absolute atomic E-state index is 4.38. The Bertz CT molecular complexity index is 587. The van der Waals surface area contributed by atoms with Gasteiger partial charge in [0.2, 0.25) is 17.8 Å². The Balaban J connectivity index is 2.29. The molecule has 7 heteroatoms. The molecule has 0 radical (unpaired) electrons. The Morgan fingerprint density at radius 1 is 1.10 bits per heavy atom. The quantitative estimate of drug-likeness (QED) is 0.820. The highest BCUT2D eigenvalue weighted by Gasteiger charge is 2.07. The highest BCUT2D eigenvalue weighted by molar-refractivity contribution is 7.98. The second-order valence-corrected chi connectivity index (χ2v) is 5.16. The van der Waals surface area contributed by atoms with E-state index in [-0.39, 0.29) is 0 Å². The Hall–Kier alpha value is -2.02. The van der Waals surface area contributed by atoms with Crippen molar-refractivity contribution in [1.29, 1.82) is 0 Å². The molecule has 2 aromatic rings. The number of nitrogens with one attached hydrogen (secondary N) is 2. The minimum atomic E-state index is 0.520. The summed E-state index contributed by atoms with van der Waals surface area (Å²) >= 11 is 1.70. The first-order valence-electron chi connectivity index (χ1n) is 6.14. The molecule has 0 aliphatic rings. The van der Waals surface area contributed by atoms with Crippen LogP contribution >= 0.6 is 11.8 Å². The minimum Gasteiger partial charge on any atom is -0.357 e. The average Bonchev–Trinajstić information content (AvgIpc) is 2.47. The van der Waals surface area contributed by atoms with Crippen LogP contribution in [0.5, 0.6) is 0 Å². The fourth-order valence-corrected chi connectivity index (χ4v) is 2.02. The van der Waals surface area contributed by atoms with Crippen LogP contribution in [0.15, 0.2) is 29.2 Å². The van der Waals surface area contributed by atoms with Crippen molar-refractivity contribution in [2.24, 2.45) is 0 Å². The Labute approximate surface area is 123 Å². The summed E-state index contributed by atoms with van der Waals surface area (Å²) in [6.07, 6.45) is 2.05. The van der Waals surface area contributed by atoms with E-state index in [4.69, 9.17) is 0 Å². The van der Waals surface area contributed by atoms with Gasteiger partial charge in [0, 0.05) is 31.7 Å². The molecule has 2 N–H and O–H groups in total. The van der Waals surface area contributed by atoms with Gasteiger partial charge in [0.05, 0.1) is 0 Å². The van der Waals surface area contributed by atoms with E-state index < -0.39 is 0 Å². The molecule has 6 nitrogen and oxygen atoms in total. The van der Waals surface area contributed by atoms with Gasteiger partial charge in [-0.2, -0.15) is 15.0 Å². The van der Waals surface area contributed by atoms with E-state index in [2.05, 4.69) is 37.7 Å². The standard InChI is InChI=1S/C13H18N6S/c1-14-11-16-12(18-13(17-11)19(2)3)15-9-6-5-7-10(8-9)20-4/h5-8H,1-4H3,(H2,14,15,16,17,18). The molecule has 0 aliphatic carbocycles. The van der Waals surface area contributed by atoms with E-state index in [1.165, 1.54) is 4.90 Å². The van der Waals surface area contributed by atoms with Gasteiger partial charge < -0.3 is 15.5 Å². The molecule has 1 aromatic heterocycles. The van der Waals surface area contributed by atoms with Gasteiger partial charge in [-0.15, -0.1) is 11.8 Å². The second kappa shape index (κ2) is 6.42. The van der Waals surface area contributed by atoms with Crippen molar-refractivity contribution in [2.45, 2.75) is 4.90 Å². The first-order chi connectivity index (χ1) is 9.62. The fraction of sp³-hybridized carbons (Fsp3) is 0.308. The molecule has 0 spiro atoms. The molecule has 0 amide bonds. The topological polar surface area (TPSA) is 66.0 Å². The Morgan fingerprint density at radius 2 is 1.85 bits per heavy atom. The van der Waals surface area contributed by atoms with Gasteiger partial charge in [0.15, 0.2) is 0 Å². The second-order valence-electron chi connectivity index (χ2n) is 4.28. The Morgan fingerprint density at radius 3 is 2.50 bits per heavy atom. The molecular formula is C13H18N6S. The fourth-order valence-electron chi connectivity index (χ4n) is 1.56. The van der Waals surface area contributed by atoms with E-state index in [0.29, 0.717) is 17.8 Å². The van der Waals surface area contributed by atoms with Crippen LogP contribution < -0.4 is 15.5 Å². The summed E-state index contributed by atoms with van der Waals surface area (Å²) in [6, 6.07) is 8.11. The molecule has 0 bridgehead atoms. The summed E-state index contributed by atoms with van der Waals surface area (Å²) < 4.78 is 0. The van der Waals surface area contributed by atoms with E-state index in [0.717, 1.165) is 5.69 Å². The van der Waals surface area contributed by atoms with Crippen molar-refractivity contribution in [1.82, 2.24) is 15.0 Å². The van der Waals surface area contributed by atoms with Crippen LogP contribution in [-0.4, -0.2) is 42.4 Å². The molecule has 1 aromatic carbocycles. The third kappa shape index (κ3) is 3.51. The SMILES string of the molecule is CNc1nc(Nc2cccc(SC)c2)nc(N(C)C)n1. The first kappa shape index (κ1) is 14.4. The van der Waals surface area contributed by atoms with Gasteiger partial charge in [0.25, 0.3) is 0 Å². The number of benzene rings is 1. The first-order valence-corrected chi connectivity index (χ1v) is 7.37. The third-order valence-electron chi connectivity index (χ3n) is 2.57. The number of hydrogen-bond donors (Lipinski definition) is 2. The van der Waals surface area contributed by atoms with Gasteiger partial charge in [-0.05, 0) is 24.5 Å². The smallest absolute Gasteiger partial charge is 0.233 e. The molecule has 0 aliphatic heterocycles. The molecule has 1 heterocycles. The van der Waals surface area contributed by atoms with Crippen molar-refractivity contribution in [2.75, 3.05) is 42.9 Å². The lowest BCUT2D eigenvalue weighted by molar-refractivity contribution is 0.963. The molecule has 0 unspecified atom stereocenters.